The van der Waals surface area contributed by atoms with Crippen molar-refractivity contribution in [3.05, 3.63) is 29.8 Å². The average Bonchev–Trinajstić information content (AvgIpc) is 2.83. The summed E-state index contributed by atoms with van der Waals surface area (Å²) >= 11 is 3.08. The summed E-state index contributed by atoms with van der Waals surface area (Å²) < 4.78 is 13.0. The number of rotatable bonds is 0. The van der Waals surface area contributed by atoms with Crippen LogP contribution in [0.4, 0.5) is 10.2 Å². The number of carbonyl (C=O) groups excluding carboxylic acids is 1. The van der Waals surface area contributed by atoms with Gasteiger partial charge in [0.15, 0.2) is 4.08 Å². The minimum absolute atomic E-state index is 0.292. The number of anilines is 1. The number of benzene rings is 1. The second-order valence-electron chi connectivity index (χ2n) is 3.42. The molecule has 1 aromatic rings. The third-order valence-electron chi connectivity index (χ3n) is 2.62. The van der Waals surface area contributed by atoms with Crippen molar-refractivity contribution < 1.29 is 9.28 Å². The van der Waals surface area contributed by atoms with E-state index in [2.05, 4.69) is 0 Å². The summed E-state index contributed by atoms with van der Waals surface area (Å²) in [6.07, 6.45) is 0. The number of amides is 1. The molecule has 1 spiro atoms. The van der Waals surface area contributed by atoms with E-state index < -0.39 is 9.99 Å². The zero-order chi connectivity index (χ0) is 10.5. The van der Waals surface area contributed by atoms with Crippen molar-refractivity contribution in [1.29, 1.82) is 0 Å². The third-order valence-corrected chi connectivity index (χ3v) is 6.01. The molecule has 3 rings (SSSR count). The first kappa shape index (κ1) is 9.54. The summed E-state index contributed by atoms with van der Waals surface area (Å²) in [5, 5.41) is 0.292. The quantitative estimate of drug-likeness (QED) is 0.651. The highest BCUT2D eigenvalue weighted by molar-refractivity contribution is 8.21. The molecule has 2 aliphatic heterocycles. The maximum absolute atomic E-state index is 13.7. The molecule has 0 aliphatic carbocycles. The van der Waals surface area contributed by atoms with E-state index >= 15 is 0 Å². The van der Waals surface area contributed by atoms with Crippen LogP contribution >= 0.6 is 23.5 Å². The van der Waals surface area contributed by atoms with Gasteiger partial charge in [-0.3, -0.25) is 4.79 Å². The predicted octanol–water partition coefficient (Wildman–Crippen LogP) is 2.55. The molecule has 1 saturated heterocycles. The number of para-hydroxylation sites is 1. The van der Waals surface area contributed by atoms with Gasteiger partial charge >= 0.3 is 0 Å². The first-order valence-corrected chi connectivity index (χ1v) is 6.60. The van der Waals surface area contributed by atoms with Crippen LogP contribution in [0.25, 0.3) is 0 Å². The number of thioether (sulfide) groups is 2. The minimum atomic E-state index is -0.703. The highest BCUT2D eigenvalue weighted by Crippen LogP contribution is 2.59. The van der Waals surface area contributed by atoms with Crippen molar-refractivity contribution in [2.24, 2.45) is 0 Å². The summed E-state index contributed by atoms with van der Waals surface area (Å²) in [6.45, 7) is 0. The monoisotopic (exact) mass is 241 g/mol. The Morgan fingerprint density at radius 2 is 1.93 bits per heavy atom. The van der Waals surface area contributed by atoms with Crippen LogP contribution in [0.2, 0.25) is 0 Å². The van der Waals surface area contributed by atoms with Gasteiger partial charge in [-0.25, -0.2) is 0 Å². The van der Waals surface area contributed by atoms with Crippen molar-refractivity contribution in [3.63, 3.8) is 0 Å². The Balaban J connectivity index is 2.22. The lowest BCUT2D eigenvalue weighted by Crippen LogP contribution is -2.29. The van der Waals surface area contributed by atoms with Crippen LogP contribution in [0.1, 0.15) is 5.56 Å². The first-order valence-electron chi connectivity index (χ1n) is 4.63. The fraction of sp³-hybridized carbons (Fsp3) is 0.300. The number of halogens is 1. The molecular formula is C10H8FNOS2. The molecule has 0 radical (unpaired) electrons. The molecule has 0 unspecified atom stereocenters. The maximum atomic E-state index is 13.7. The Kier molecular flexibility index (Phi) is 2.01. The molecule has 0 bridgehead atoms. The molecule has 15 heavy (non-hydrogen) atoms. The van der Waals surface area contributed by atoms with Gasteiger partial charge in [0, 0.05) is 17.1 Å². The fourth-order valence-electron chi connectivity index (χ4n) is 1.97. The topological polar surface area (TPSA) is 20.3 Å². The van der Waals surface area contributed by atoms with Gasteiger partial charge in [0.25, 0.3) is 5.91 Å². The predicted molar refractivity (Wildman–Crippen MR) is 61.6 cm³/mol. The number of hydrogen-bond donors (Lipinski definition) is 0. The smallest absolute Gasteiger partial charge is 0.269 e. The van der Waals surface area contributed by atoms with E-state index in [9.17, 15) is 9.28 Å². The molecule has 0 atom stereocenters. The number of nitrogens with zero attached hydrogens (tertiary/aromatic N) is 1. The molecule has 2 heterocycles. The SMILES string of the molecule is O=C1N(F)c2ccccc2C12SCCS2. The molecule has 0 aromatic heterocycles. The standard InChI is InChI=1S/C10H8FNOS2/c11-12-8-4-2-1-3-7(8)10(9(12)13)14-5-6-15-10/h1-4H,5-6H2. The Bertz CT molecular complexity index is 431. The highest BCUT2D eigenvalue weighted by atomic mass is 32.2. The molecule has 78 valence electrons. The van der Waals surface area contributed by atoms with Crippen molar-refractivity contribution in [1.82, 2.24) is 0 Å². The van der Waals surface area contributed by atoms with Gasteiger partial charge in [-0.2, -0.15) is 0 Å². The lowest BCUT2D eigenvalue weighted by Gasteiger charge is -2.18. The summed E-state index contributed by atoms with van der Waals surface area (Å²) in [5.74, 6) is 1.37. The summed E-state index contributed by atoms with van der Waals surface area (Å²) in [6, 6.07) is 7.11. The molecule has 1 amide bonds. The molecule has 2 aliphatic rings. The van der Waals surface area contributed by atoms with E-state index in [1.165, 1.54) is 23.5 Å². The number of hydrogen-bond acceptors (Lipinski definition) is 3. The van der Waals surface area contributed by atoms with E-state index in [0.29, 0.717) is 10.8 Å². The van der Waals surface area contributed by atoms with Crippen molar-refractivity contribution in [3.8, 4) is 0 Å². The average molecular weight is 241 g/mol. The summed E-state index contributed by atoms with van der Waals surface area (Å²) in [7, 11) is 0. The Morgan fingerprint density at radius 3 is 2.67 bits per heavy atom. The second-order valence-corrected chi connectivity index (χ2v) is 6.29. The summed E-state index contributed by atoms with van der Waals surface area (Å²) in [4.78, 5) is 11.9. The Morgan fingerprint density at radius 1 is 1.27 bits per heavy atom. The highest BCUT2D eigenvalue weighted by Gasteiger charge is 2.54. The molecule has 0 saturated carbocycles. The van der Waals surface area contributed by atoms with Gasteiger partial charge in [0.05, 0.1) is 5.69 Å². The van der Waals surface area contributed by atoms with Gasteiger partial charge in [0.2, 0.25) is 0 Å². The Hall–Kier alpha value is -0.680. The molecule has 0 N–H and O–H groups in total. The van der Waals surface area contributed by atoms with Crippen molar-refractivity contribution >= 4 is 35.1 Å². The fourth-order valence-corrected chi connectivity index (χ4v) is 5.11. The summed E-state index contributed by atoms with van der Waals surface area (Å²) in [5.41, 5.74) is 1.22. The molecule has 1 fully saturated rings. The normalized spacial score (nSPS) is 22.5. The molecular weight excluding hydrogens is 233 g/mol. The van der Waals surface area contributed by atoms with E-state index in [1.54, 1.807) is 12.1 Å². The zero-order valence-corrected chi connectivity index (χ0v) is 9.41. The van der Waals surface area contributed by atoms with Gasteiger partial charge in [-0.15, -0.1) is 28.6 Å². The number of fused-ring (bicyclic) bond motifs is 2. The second kappa shape index (κ2) is 3.15. The zero-order valence-electron chi connectivity index (χ0n) is 7.77. The largest absolute Gasteiger partial charge is 0.286 e. The van der Waals surface area contributed by atoms with Gasteiger partial charge in [0.1, 0.15) is 0 Å². The van der Waals surface area contributed by atoms with Crippen LogP contribution in [-0.4, -0.2) is 17.4 Å². The van der Waals surface area contributed by atoms with E-state index in [0.717, 1.165) is 17.1 Å². The lowest BCUT2D eigenvalue weighted by molar-refractivity contribution is -0.120. The van der Waals surface area contributed by atoms with E-state index in [4.69, 9.17) is 0 Å². The van der Waals surface area contributed by atoms with Crippen LogP contribution in [0.3, 0.4) is 0 Å². The van der Waals surface area contributed by atoms with Crippen LogP contribution in [0, 0.1) is 0 Å². The van der Waals surface area contributed by atoms with E-state index in [1.807, 2.05) is 12.1 Å². The van der Waals surface area contributed by atoms with E-state index in [-0.39, 0.29) is 0 Å². The molecule has 1 aromatic carbocycles. The lowest BCUT2D eigenvalue weighted by atomic mass is 10.1. The molecule has 2 nitrogen and oxygen atoms in total. The molecule has 5 heteroatoms. The van der Waals surface area contributed by atoms with Gasteiger partial charge in [-0.1, -0.05) is 22.7 Å². The van der Waals surface area contributed by atoms with Crippen LogP contribution in [-0.2, 0) is 8.87 Å². The van der Waals surface area contributed by atoms with Crippen molar-refractivity contribution in [2.45, 2.75) is 4.08 Å². The maximum Gasteiger partial charge on any atom is 0.286 e. The number of carbonyl (C=O) groups is 1. The van der Waals surface area contributed by atoms with Crippen LogP contribution in [0.15, 0.2) is 24.3 Å². The first-order chi connectivity index (χ1) is 7.26. The van der Waals surface area contributed by atoms with Crippen molar-refractivity contribution in [2.75, 3.05) is 16.6 Å². The minimum Gasteiger partial charge on any atom is -0.269 e. The van der Waals surface area contributed by atoms with Gasteiger partial charge in [-0.05, 0) is 6.07 Å². The van der Waals surface area contributed by atoms with Crippen LogP contribution in [0.5, 0.6) is 0 Å². The van der Waals surface area contributed by atoms with Gasteiger partial charge < -0.3 is 0 Å². The van der Waals surface area contributed by atoms with Crippen LogP contribution < -0.4 is 5.12 Å². The Labute approximate surface area is 95.1 Å². The third kappa shape index (κ3) is 1.10.